The Bertz CT molecular complexity index is 232. The Labute approximate surface area is 79.5 Å². The first kappa shape index (κ1) is 10.9. The molecule has 78 valence electrons. The van der Waals surface area contributed by atoms with Gasteiger partial charge >= 0.3 is 0 Å². The van der Waals surface area contributed by atoms with E-state index in [1.54, 1.807) is 0 Å². The van der Waals surface area contributed by atoms with Gasteiger partial charge in [0, 0.05) is 6.54 Å². The van der Waals surface area contributed by atoms with Crippen LogP contribution in [0.1, 0.15) is 25.7 Å². The highest BCUT2D eigenvalue weighted by molar-refractivity contribution is 7.85. The third-order valence-electron chi connectivity index (χ3n) is 2.44. The zero-order chi connectivity index (χ0) is 9.73. The minimum atomic E-state index is -3.78. The summed E-state index contributed by atoms with van der Waals surface area (Å²) >= 11 is 0. The Morgan fingerprint density at radius 1 is 1.31 bits per heavy atom. The van der Waals surface area contributed by atoms with E-state index in [1.807, 2.05) is 0 Å². The van der Waals surface area contributed by atoms with Crippen LogP contribution in [0.5, 0.6) is 0 Å². The zero-order valence-corrected chi connectivity index (χ0v) is 8.52. The van der Waals surface area contributed by atoms with E-state index in [-0.39, 0.29) is 5.75 Å². The second kappa shape index (κ2) is 4.93. The van der Waals surface area contributed by atoms with Crippen molar-refractivity contribution >= 4 is 10.1 Å². The largest absolute Gasteiger partial charge is 0.315 e. The van der Waals surface area contributed by atoms with E-state index in [4.69, 9.17) is 4.55 Å². The van der Waals surface area contributed by atoms with Gasteiger partial charge in [0.15, 0.2) is 0 Å². The van der Waals surface area contributed by atoms with E-state index < -0.39 is 10.1 Å². The monoisotopic (exact) mass is 207 g/mol. The number of hydrogen-bond acceptors (Lipinski definition) is 3. The molecule has 0 spiro atoms. The Morgan fingerprint density at radius 2 is 1.92 bits per heavy atom. The van der Waals surface area contributed by atoms with Crippen LogP contribution < -0.4 is 5.32 Å². The standard InChI is InChI=1S/C8H17NO3S/c10-13(11,12)6-5-9-7-8-3-1-2-4-8/h8-9H,1-7H2,(H,10,11,12). The molecule has 4 nitrogen and oxygen atoms in total. The first-order chi connectivity index (χ1) is 6.08. The molecule has 1 rings (SSSR count). The third kappa shape index (κ3) is 5.23. The van der Waals surface area contributed by atoms with Crippen LogP contribution in [-0.2, 0) is 10.1 Å². The van der Waals surface area contributed by atoms with Crippen molar-refractivity contribution in [2.75, 3.05) is 18.8 Å². The molecular weight excluding hydrogens is 190 g/mol. The molecule has 1 aliphatic carbocycles. The second-order valence-corrected chi connectivity index (χ2v) is 5.21. The number of hydrogen-bond donors (Lipinski definition) is 2. The Balaban J connectivity index is 2.01. The average molecular weight is 207 g/mol. The van der Waals surface area contributed by atoms with Crippen LogP contribution in [0, 0.1) is 5.92 Å². The van der Waals surface area contributed by atoms with E-state index in [1.165, 1.54) is 25.7 Å². The number of nitrogens with one attached hydrogen (secondary N) is 1. The van der Waals surface area contributed by atoms with Crippen molar-refractivity contribution in [2.45, 2.75) is 25.7 Å². The number of rotatable bonds is 5. The van der Waals surface area contributed by atoms with Crippen LogP contribution >= 0.6 is 0 Å². The van der Waals surface area contributed by atoms with Crippen molar-refractivity contribution in [2.24, 2.45) is 5.92 Å². The van der Waals surface area contributed by atoms with E-state index in [2.05, 4.69) is 5.32 Å². The highest BCUT2D eigenvalue weighted by atomic mass is 32.2. The van der Waals surface area contributed by atoms with Crippen LogP contribution in [0.25, 0.3) is 0 Å². The SMILES string of the molecule is O=S(=O)(O)CCNCC1CCCC1. The lowest BCUT2D eigenvalue weighted by Crippen LogP contribution is -2.26. The maximum absolute atomic E-state index is 10.3. The highest BCUT2D eigenvalue weighted by Crippen LogP contribution is 2.23. The fourth-order valence-electron chi connectivity index (χ4n) is 1.72. The summed E-state index contributed by atoms with van der Waals surface area (Å²) in [6, 6.07) is 0. The minimum Gasteiger partial charge on any atom is -0.315 e. The smallest absolute Gasteiger partial charge is 0.266 e. The lowest BCUT2D eigenvalue weighted by Gasteiger charge is -2.09. The summed E-state index contributed by atoms with van der Waals surface area (Å²) in [5, 5.41) is 3.04. The molecular formula is C8H17NO3S. The first-order valence-electron chi connectivity index (χ1n) is 4.74. The molecule has 0 aromatic rings. The van der Waals surface area contributed by atoms with Crippen molar-refractivity contribution in [1.29, 1.82) is 0 Å². The van der Waals surface area contributed by atoms with Gasteiger partial charge in [0.2, 0.25) is 0 Å². The Kier molecular flexibility index (Phi) is 4.15. The van der Waals surface area contributed by atoms with Gasteiger partial charge in [-0.2, -0.15) is 8.42 Å². The lowest BCUT2D eigenvalue weighted by atomic mass is 10.1. The van der Waals surface area contributed by atoms with Gasteiger partial charge < -0.3 is 5.32 Å². The first-order valence-corrected chi connectivity index (χ1v) is 6.35. The van der Waals surface area contributed by atoms with Gasteiger partial charge in [-0.25, -0.2) is 0 Å². The summed E-state index contributed by atoms with van der Waals surface area (Å²) in [6.07, 6.45) is 5.09. The predicted octanol–water partition coefficient (Wildman–Crippen LogP) is 0.654. The van der Waals surface area contributed by atoms with Crippen LogP contribution in [-0.4, -0.2) is 31.8 Å². The molecule has 0 atom stereocenters. The molecule has 0 aromatic heterocycles. The van der Waals surface area contributed by atoms with Gasteiger partial charge in [-0.15, -0.1) is 0 Å². The molecule has 0 unspecified atom stereocenters. The molecule has 13 heavy (non-hydrogen) atoms. The average Bonchev–Trinajstić information content (AvgIpc) is 2.48. The molecule has 0 heterocycles. The van der Waals surface area contributed by atoms with Gasteiger partial charge in [0.1, 0.15) is 0 Å². The second-order valence-electron chi connectivity index (χ2n) is 3.64. The molecule has 0 amide bonds. The van der Waals surface area contributed by atoms with Crippen LogP contribution in [0.15, 0.2) is 0 Å². The summed E-state index contributed by atoms with van der Waals surface area (Å²) in [5.74, 6) is 0.529. The van der Waals surface area contributed by atoms with Crippen LogP contribution in [0.4, 0.5) is 0 Å². The molecule has 0 radical (unpaired) electrons. The summed E-state index contributed by atoms with van der Waals surface area (Å²) in [6.45, 7) is 1.24. The van der Waals surface area contributed by atoms with Gasteiger partial charge in [0.25, 0.3) is 10.1 Å². The molecule has 0 aromatic carbocycles. The van der Waals surface area contributed by atoms with Crippen LogP contribution in [0.3, 0.4) is 0 Å². The molecule has 0 aliphatic heterocycles. The summed E-state index contributed by atoms with van der Waals surface area (Å²) in [5.41, 5.74) is 0. The third-order valence-corrected chi connectivity index (χ3v) is 3.16. The maximum atomic E-state index is 10.3. The lowest BCUT2D eigenvalue weighted by molar-refractivity contribution is 0.470. The van der Waals surface area contributed by atoms with Crippen molar-refractivity contribution in [3.8, 4) is 0 Å². The van der Waals surface area contributed by atoms with E-state index in [9.17, 15) is 8.42 Å². The maximum Gasteiger partial charge on any atom is 0.266 e. The van der Waals surface area contributed by atoms with E-state index >= 15 is 0 Å². The topological polar surface area (TPSA) is 66.4 Å². The van der Waals surface area contributed by atoms with Gasteiger partial charge in [0.05, 0.1) is 5.75 Å². The molecule has 1 aliphatic rings. The summed E-state index contributed by atoms with van der Waals surface area (Å²) in [7, 11) is -3.78. The molecule has 0 bridgehead atoms. The molecule has 1 saturated carbocycles. The van der Waals surface area contributed by atoms with Crippen molar-refractivity contribution < 1.29 is 13.0 Å². The van der Waals surface area contributed by atoms with Gasteiger partial charge in [-0.3, -0.25) is 4.55 Å². The molecule has 2 N–H and O–H groups in total. The fraction of sp³-hybridized carbons (Fsp3) is 1.00. The Hall–Kier alpha value is -0.130. The Morgan fingerprint density at radius 3 is 2.46 bits per heavy atom. The molecule has 0 saturated heterocycles. The molecule has 1 fully saturated rings. The summed E-state index contributed by atoms with van der Waals surface area (Å²) < 4.78 is 29.1. The quantitative estimate of drug-likeness (QED) is 0.513. The normalized spacial score (nSPS) is 19.5. The van der Waals surface area contributed by atoms with E-state index in [0.29, 0.717) is 12.5 Å². The summed E-state index contributed by atoms with van der Waals surface area (Å²) in [4.78, 5) is 0. The van der Waals surface area contributed by atoms with Crippen molar-refractivity contribution in [3.63, 3.8) is 0 Å². The molecule has 5 heteroatoms. The van der Waals surface area contributed by atoms with Crippen LogP contribution in [0.2, 0.25) is 0 Å². The zero-order valence-electron chi connectivity index (χ0n) is 7.70. The van der Waals surface area contributed by atoms with Crippen molar-refractivity contribution in [3.05, 3.63) is 0 Å². The minimum absolute atomic E-state index is 0.181. The van der Waals surface area contributed by atoms with E-state index in [0.717, 1.165) is 6.54 Å². The van der Waals surface area contributed by atoms with Gasteiger partial charge in [-0.1, -0.05) is 12.8 Å². The van der Waals surface area contributed by atoms with Crippen molar-refractivity contribution in [1.82, 2.24) is 5.32 Å². The predicted molar refractivity (Wildman–Crippen MR) is 51.2 cm³/mol. The van der Waals surface area contributed by atoms with Gasteiger partial charge in [-0.05, 0) is 25.3 Å². The fourth-order valence-corrected chi connectivity index (χ4v) is 2.12. The highest BCUT2D eigenvalue weighted by Gasteiger charge is 2.14.